The monoisotopic (exact) mass is 283 g/mol. The molecule has 0 N–H and O–H groups in total. The first-order chi connectivity index (χ1) is 8.97. The van der Waals surface area contributed by atoms with Crippen LogP contribution in [0.1, 0.15) is 5.56 Å². The van der Waals surface area contributed by atoms with Gasteiger partial charge in [-0.05, 0) is 6.92 Å². The van der Waals surface area contributed by atoms with E-state index in [0.717, 1.165) is 6.07 Å². The quantitative estimate of drug-likeness (QED) is 0.638. The van der Waals surface area contributed by atoms with Crippen LogP contribution in [0.5, 0.6) is 11.8 Å². The van der Waals surface area contributed by atoms with Gasteiger partial charge in [0.1, 0.15) is 0 Å². The molecule has 0 fully saturated rings. The number of halogens is 2. The minimum atomic E-state index is -0.856. The maximum Gasteiger partial charge on any atom is 0.322 e. The van der Waals surface area contributed by atoms with Gasteiger partial charge in [0.25, 0.3) is 5.69 Å². The fourth-order valence-corrected chi connectivity index (χ4v) is 1.49. The summed E-state index contributed by atoms with van der Waals surface area (Å²) in [5.74, 6) is -1.02. The Balaban J connectivity index is 2.35. The highest BCUT2D eigenvalue weighted by Gasteiger charge is 2.17. The van der Waals surface area contributed by atoms with Gasteiger partial charge in [0, 0.05) is 11.6 Å². The molecule has 6 nitrogen and oxygen atoms in total. The van der Waals surface area contributed by atoms with E-state index < -0.39 is 10.7 Å². The molecule has 98 valence electrons. The lowest BCUT2D eigenvalue weighted by molar-refractivity contribution is -0.385. The molecule has 0 aliphatic heterocycles. The third-order valence-corrected chi connectivity index (χ3v) is 2.41. The standard InChI is InChI=1S/C11H7ClFN3O3/c1-6-2-8(16(17)18)3-9(13)10(6)19-11-14-4-7(12)5-15-11/h2-5H,1H3. The fraction of sp³-hybridized carbons (Fsp3) is 0.0909. The Morgan fingerprint density at radius 2 is 2.00 bits per heavy atom. The molecular formula is C11H7ClFN3O3. The third kappa shape index (κ3) is 2.94. The summed E-state index contributed by atoms with van der Waals surface area (Å²) < 4.78 is 18.9. The Morgan fingerprint density at radius 3 is 2.53 bits per heavy atom. The smallest absolute Gasteiger partial charge is 0.322 e. The van der Waals surface area contributed by atoms with Gasteiger partial charge in [0.15, 0.2) is 11.6 Å². The molecule has 0 atom stereocenters. The molecule has 0 unspecified atom stereocenters. The van der Waals surface area contributed by atoms with Crippen molar-refractivity contribution in [3.63, 3.8) is 0 Å². The Bertz CT molecular complexity index is 611. The molecule has 2 rings (SSSR count). The van der Waals surface area contributed by atoms with Crippen LogP contribution in [0.25, 0.3) is 0 Å². The highest BCUT2D eigenvalue weighted by atomic mass is 35.5. The van der Waals surface area contributed by atoms with E-state index in [1.807, 2.05) is 0 Å². The van der Waals surface area contributed by atoms with Crippen LogP contribution in [0.15, 0.2) is 24.5 Å². The predicted octanol–water partition coefficient (Wildman–Crippen LogP) is 3.28. The average molecular weight is 284 g/mol. The third-order valence-electron chi connectivity index (χ3n) is 2.21. The van der Waals surface area contributed by atoms with Crippen LogP contribution < -0.4 is 4.74 Å². The van der Waals surface area contributed by atoms with Crippen LogP contribution in [0.4, 0.5) is 10.1 Å². The first-order valence-corrected chi connectivity index (χ1v) is 5.45. The van der Waals surface area contributed by atoms with Crippen molar-refractivity contribution < 1.29 is 14.1 Å². The first kappa shape index (κ1) is 13.2. The number of rotatable bonds is 3. The van der Waals surface area contributed by atoms with Crippen LogP contribution in [-0.4, -0.2) is 14.9 Å². The number of nitro benzene ring substituents is 1. The van der Waals surface area contributed by atoms with Crippen LogP contribution in [-0.2, 0) is 0 Å². The van der Waals surface area contributed by atoms with Crippen molar-refractivity contribution >= 4 is 17.3 Å². The number of nitro groups is 1. The van der Waals surface area contributed by atoms with Crippen molar-refractivity contribution in [2.24, 2.45) is 0 Å². The van der Waals surface area contributed by atoms with Crippen LogP contribution in [0, 0.1) is 22.9 Å². The van der Waals surface area contributed by atoms with Gasteiger partial charge in [0.2, 0.25) is 0 Å². The Morgan fingerprint density at radius 1 is 1.37 bits per heavy atom. The first-order valence-electron chi connectivity index (χ1n) is 5.07. The summed E-state index contributed by atoms with van der Waals surface area (Å²) in [6.07, 6.45) is 2.59. The van der Waals surface area contributed by atoms with Gasteiger partial charge in [-0.2, -0.15) is 0 Å². The van der Waals surface area contributed by atoms with E-state index in [4.69, 9.17) is 16.3 Å². The summed E-state index contributed by atoms with van der Waals surface area (Å²) in [4.78, 5) is 17.4. The molecule has 0 bridgehead atoms. The summed E-state index contributed by atoms with van der Waals surface area (Å²) in [7, 11) is 0. The minimum absolute atomic E-state index is 0.0970. The van der Waals surface area contributed by atoms with Gasteiger partial charge in [-0.15, -0.1) is 0 Å². The Labute approximate surface area is 112 Å². The molecule has 0 amide bonds. The van der Waals surface area contributed by atoms with Crippen molar-refractivity contribution in [1.82, 2.24) is 9.97 Å². The van der Waals surface area contributed by atoms with Gasteiger partial charge in [-0.25, -0.2) is 14.4 Å². The molecule has 0 saturated carbocycles. The van der Waals surface area contributed by atoms with Crippen molar-refractivity contribution in [2.45, 2.75) is 6.92 Å². The molecule has 0 aliphatic carbocycles. The SMILES string of the molecule is Cc1cc([N+](=O)[O-])cc(F)c1Oc1ncc(Cl)cn1. The van der Waals surface area contributed by atoms with E-state index in [-0.39, 0.29) is 23.0 Å². The van der Waals surface area contributed by atoms with Gasteiger partial charge in [-0.1, -0.05) is 11.6 Å². The molecular weight excluding hydrogens is 277 g/mol. The number of benzene rings is 1. The molecule has 2 aromatic rings. The Hall–Kier alpha value is -2.28. The van der Waals surface area contributed by atoms with Crippen molar-refractivity contribution in [3.8, 4) is 11.8 Å². The molecule has 0 saturated heterocycles. The predicted molar refractivity (Wildman–Crippen MR) is 64.9 cm³/mol. The highest BCUT2D eigenvalue weighted by Crippen LogP contribution is 2.30. The Kier molecular flexibility index (Phi) is 3.57. The number of non-ortho nitro benzene ring substituents is 1. The second kappa shape index (κ2) is 5.15. The van der Waals surface area contributed by atoms with Crippen LogP contribution in [0.3, 0.4) is 0 Å². The zero-order chi connectivity index (χ0) is 14.0. The van der Waals surface area contributed by atoms with Gasteiger partial charge >= 0.3 is 6.01 Å². The molecule has 1 heterocycles. The van der Waals surface area contributed by atoms with E-state index in [1.54, 1.807) is 0 Å². The number of nitrogens with zero attached hydrogens (tertiary/aromatic N) is 3. The second-order valence-electron chi connectivity index (χ2n) is 3.62. The molecule has 1 aromatic carbocycles. The second-order valence-corrected chi connectivity index (χ2v) is 4.05. The lowest BCUT2D eigenvalue weighted by atomic mass is 10.2. The topological polar surface area (TPSA) is 78.2 Å². The van der Waals surface area contributed by atoms with Crippen LogP contribution in [0.2, 0.25) is 5.02 Å². The average Bonchev–Trinajstić information content (AvgIpc) is 2.35. The van der Waals surface area contributed by atoms with E-state index >= 15 is 0 Å². The molecule has 8 heteroatoms. The summed E-state index contributed by atoms with van der Waals surface area (Å²) >= 11 is 5.60. The fourth-order valence-electron chi connectivity index (χ4n) is 1.39. The lowest BCUT2D eigenvalue weighted by Crippen LogP contribution is -1.98. The molecule has 19 heavy (non-hydrogen) atoms. The number of hydrogen-bond acceptors (Lipinski definition) is 5. The van der Waals surface area contributed by atoms with E-state index in [0.29, 0.717) is 5.02 Å². The molecule has 0 aliphatic rings. The normalized spacial score (nSPS) is 10.3. The minimum Gasteiger partial charge on any atom is -0.421 e. The zero-order valence-electron chi connectivity index (χ0n) is 9.63. The number of aryl methyl sites for hydroxylation is 1. The van der Waals surface area contributed by atoms with Gasteiger partial charge in [0.05, 0.1) is 28.4 Å². The highest BCUT2D eigenvalue weighted by molar-refractivity contribution is 6.30. The van der Waals surface area contributed by atoms with E-state index in [1.165, 1.54) is 25.4 Å². The van der Waals surface area contributed by atoms with Crippen molar-refractivity contribution in [3.05, 3.63) is 51.0 Å². The molecule has 0 radical (unpaired) electrons. The maximum atomic E-state index is 13.7. The summed E-state index contributed by atoms with van der Waals surface area (Å²) in [6, 6.07) is 1.88. The van der Waals surface area contributed by atoms with Gasteiger partial charge in [-0.3, -0.25) is 10.1 Å². The van der Waals surface area contributed by atoms with Gasteiger partial charge < -0.3 is 4.74 Å². The van der Waals surface area contributed by atoms with E-state index in [2.05, 4.69) is 9.97 Å². The maximum absolute atomic E-state index is 13.7. The zero-order valence-corrected chi connectivity index (χ0v) is 10.4. The molecule has 0 spiro atoms. The summed E-state index contributed by atoms with van der Waals surface area (Å²) in [6.45, 7) is 1.49. The number of aromatic nitrogens is 2. The van der Waals surface area contributed by atoms with Crippen molar-refractivity contribution in [1.29, 1.82) is 0 Å². The number of hydrogen-bond donors (Lipinski definition) is 0. The van der Waals surface area contributed by atoms with E-state index in [9.17, 15) is 14.5 Å². The van der Waals surface area contributed by atoms with Crippen molar-refractivity contribution in [2.75, 3.05) is 0 Å². The summed E-state index contributed by atoms with van der Waals surface area (Å²) in [5, 5.41) is 10.9. The lowest BCUT2D eigenvalue weighted by Gasteiger charge is -2.07. The number of ether oxygens (including phenoxy) is 1. The van der Waals surface area contributed by atoms with Crippen LogP contribution >= 0.6 is 11.6 Å². The largest absolute Gasteiger partial charge is 0.421 e. The summed E-state index contributed by atoms with van der Waals surface area (Å²) in [5.41, 5.74) is -0.0791. The molecule has 1 aromatic heterocycles.